The van der Waals surface area contributed by atoms with E-state index in [4.69, 9.17) is 4.98 Å². The molecule has 2 aromatic rings. The summed E-state index contributed by atoms with van der Waals surface area (Å²) in [7, 11) is 2.02. The average molecular weight is 286 g/mol. The van der Waals surface area contributed by atoms with Crippen molar-refractivity contribution in [1.29, 1.82) is 0 Å². The molecule has 1 heterocycles. The molecule has 0 amide bonds. The third kappa shape index (κ3) is 1.74. The molecule has 0 bridgehead atoms. The second kappa shape index (κ2) is 4.33. The Bertz CT molecular complexity index is 717. The monoisotopic (exact) mass is 286 g/mol. The van der Waals surface area contributed by atoms with Gasteiger partial charge in [-0.3, -0.25) is 4.79 Å². The van der Waals surface area contributed by atoms with Crippen LogP contribution in [0.15, 0.2) is 24.3 Å². The normalized spacial score (nSPS) is 28.1. The van der Waals surface area contributed by atoms with Crippen LogP contribution in [-0.2, 0) is 11.8 Å². The van der Waals surface area contributed by atoms with Gasteiger partial charge in [0.15, 0.2) is 0 Å². The van der Waals surface area contributed by atoms with Gasteiger partial charge < -0.3 is 9.67 Å². The van der Waals surface area contributed by atoms with Crippen molar-refractivity contribution in [2.24, 2.45) is 17.9 Å². The average Bonchev–Trinajstić information content (AvgIpc) is 2.87. The summed E-state index contributed by atoms with van der Waals surface area (Å²) in [5, 5.41) is 9.65. The Morgan fingerprint density at radius 3 is 2.57 bits per heavy atom. The zero-order chi connectivity index (χ0) is 15.4. The van der Waals surface area contributed by atoms with Gasteiger partial charge in [-0.05, 0) is 37.3 Å². The maximum Gasteiger partial charge on any atom is 0.309 e. The van der Waals surface area contributed by atoms with Gasteiger partial charge in [0, 0.05) is 13.0 Å². The van der Waals surface area contributed by atoms with E-state index in [1.807, 2.05) is 32.2 Å². The van der Waals surface area contributed by atoms with Crippen molar-refractivity contribution in [3.8, 4) is 0 Å². The third-order valence-corrected chi connectivity index (χ3v) is 5.83. The number of benzene rings is 1. The van der Waals surface area contributed by atoms with Crippen LogP contribution < -0.4 is 0 Å². The SMILES string of the molecule is Cn1c(C2CCC(C)(C(=O)O)C2(C)C)nc2ccccc21. The van der Waals surface area contributed by atoms with Crippen molar-refractivity contribution < 1.29 is 9.90 Å². The van der Waals surface area contributed by atoms with Crippen LogP contribution in [0.2, 0.25) is 0 Å². The Balaban J connectivity index is 2.12. The molecule has 4 nitrogen and oxygen atoms in total. The number of hydrogen-bond donors (Lipinski definition) is 1. The molecule has 4 heteroatoms. The van der Waals surface area contributed by atoms with Crippen molar-refractivity contribution in [1.82, 2.24) is 9.55 Å². The zero-order valence-electron chi connectivity index (χ0n) is 13.1. The molecule has 112 valence electrons. The predicted octanol–water partition coefficient (Wildman–Crippen LogP) is 3.57. The third-order valence-electron chi connectivity index (χ3n) is 5.83. The molecule has 1 aromatic heterocycles. The van der Waals surface area contributed by atoms with Gasteiger partial charge in [-0.25, -0.2) is 4.98 Å². The van der Waals surface area contributed by atoms with Gasteiger partial charge in [0.1, 0.15) is 5.82 Å². The highest BCUT2D eigenvalue weighted by atomic mass is 16.4. The molecule has 0 aliphatic heterocycles. The fourth-order valence-corrected chi connectivity index (χ4v) is 3.81. The van der Waals surface area contributed by atoms with Gasteiger partial charge in [-0.15, -0.1) is 0 Å². The molecule has 2 unspecified atom stereocenters. The molecule has 0 radical (unpaired) electrons. The van der Waals surface area contributed by atoms with Crippen molar-refractivity contribution in [3.05, 3.63) is 30.1 Å². The van der Waals surface area contributed by atoms with Crippen LogP contribution in [0, 0.1) is 10.8 Å². The second-order valence-corrected chi connectivity index (χ2v) is 6.97. The lowest BCUT2D eigenvalue weighted by atomic mass is 9.65. The molecule has 0 saturated heterocycles. The number of hydrogen-bond acceptors (Lipinski definition) is 2. The molecule has 1 saturated carbocycles. The lowest BCUT2D eigenvalue weighted by Crippen LogP contribution is -2.40. The minimum absolute atomic E-state index is 0.163. The second-order valence-electron chi connectivity index (χ2n) is 6.97. The smallest absolute Gasteiger partial charge is 0.309 e. The number of fused-ring (bicyclic) bond motifs is 1. The van der Waals surface area contributed by atoms with Crippen LogP contribution in [0.5, 0.6) is 0 Å². The summed E-state index contributed by atoms with van der Waals surface area (Å²) in [5.41, 5.74) is 1.06. The first-order valence-corrected chi connectivity index (χ1v) is 7.44. The van der Waals surface area contributed by atoms with Gasteiger partial charge in [0.25, 0.3) is 0 Å². The molecule has 1 N–H and O–H groups in total. The molecule has 1 aliphatic carbocycles. The van der Waals surface area contributed by atoms with E-state index < -0.39 is 11.4 Å². The molecule has 21 heavy (non-hydrogen) atoms. The summed E-state index contributed by atoms with van der Waals surface area (Å²) in [6.07, 6.45) is 1.57. The number of rotatable bonds is 2. The van der Waals surface area contributed by atoms with Crippen LogP contribution in [0.3, 0.4) is 0 Å². The van der Waals surface area contributed by atoms with Gasteiger partial charge in [0.05, 0.1) is 16.4 Å². The molecule has 1 aliphatic rings. The topological polar surface area (TPSA) is 55.1 Å². The molecule has 1 aromatic carbocycles. The van der Waals surface area contributed by atoms with Crippen molar-refractivity contribution in [3.63, 3.8) is 0 Å². The number of para-hydroxylation sites is 2. The molecule has 2 atom stereocenters. The van der Waals surface area contributed by atoms with Gasteiger partial charge in [-0.1, -0.05) is 26.0 Å². The molecular formula is C17H22N2O2. The summed E-state index contributed by atoms with van der Waals surface area (Å²) in [4.78, 5) is 16.5. The van der Waals surface area contributed by atoms with E-state index in [1.54, 1.807) is 0 Å². The number of imidazole rings is 1. The Morgan fingerprint density at radius 1 is 1.33 bits per heavy atom. The summed E-state index contributed by atoms with van der Waals surface area (Å²) >= 11 is 0. The molecular weight excluding hydrogens is 264 g/mol. The highest BCUT2D eigenvalue weighted by Crippen LogP contribution is 2.59. The van der Waals surface area contributed by atoms with Gasteiger partial charge >= 0.3 is 5.97 Å². The number of aryl methyl sites for hydroxylation is 1. The van der Waals surface area contributed by atoms with E-state index in [9.17, 15) is 9.90 Å². The fraction of sp³-hybridized carbons (Fsp3) is 0.529. The molecule has 1 fully saturated rings. The highest BCUT2D eigenvalue weighted by molar-refractivity contribution is 5.77. The Morgan fingerprint density at radius 2 is 2.00 bits per heavy atom. The maximum absolute atomic E-state index is 11.7. The van der Waals surface area contributed by atoms with Crippen LogP contribution in [0.25, 0.3) is 11.0 Å². The first kappa shape index (κ1) is 14.1. The minimum atomic E-state index is -0.700. The lowest BCUT2D eigenvalue weighted by Gasteiger charge is -2.38. The Labute approximate surface area is 124 Å². The van der Waals surface area contributed by atoms with E-state index in [2.05, 4.69) is 24.5 Å². The van der Waals surface area contributed by atoms with E-state index in [0.29, 0.717) is 6.42 Å². The number of aromatic nitrogens is 2. The fourth-order valence-electron chi connectivity index (χ4n) is 3.81. The predicted molar refractivity (Wildman–Crippen MR) is 82.2 cm³/mol. The minimum Gasteiger partial charge on any atom is -0.481 e. The summed E-state index contributed by atoms with van der Waals surface area (Å²) < 4.78 is 2.12. The van der Waals surface area contributed by atoms with Crippen molar-refractivity contribution in [2.75, 3.05) is 0 Å². The Kier molecular flexibility index (Phi) is 2.91. The highest BCUT2D eigenvalue weighted by Gasteiger charge is 2.57. The standard InChI is InChI=1S/C17H22N2O2/c1-16(2)11(9-10-17(16,3)15(20)21)14-18-12-7-5-6-8-13(12)19(14)4/h5-8,11H,9-10H2,1-4H3,(H,20,21). The number of carbonyl (C=O) groups is 1. The van der Waals surface area contributed by atoms with Gasteiger partial charge in [0.2, 0.25) is 0 Å². The van der Waals surface area contributed by atoms with E-state index in [-0.39, 0.29) is 11.3 Å². The van der Waals surface area contributed by atoms with Crippen LogP contribution in [0.4, 0.5) is 0 Å². The number of carboxylic acids is 1. The van der Waals surface area contributed by atoms with Crippen molar-refractivity contribution in [2.45, 2.75) is 39.5 Å². The lowest BCUT2D eigenvalue weighted by molar-refractivity contribution is -0.153. The molecule has 3 rings (SSSR count). The van der Waals surface area contributed by atoms with Crippen LogP contribution in [0.1, 0.15) is 45.4 Å². The largest absolute Gasteiger partial charge is 0.481 e. The van der Waals surface area contributed by atoms with Crippen LogP contribution in [-0.4, -0.2) is 20.6 Å². The number of aliphatic carboxylic acids is 1. The number of nitrogens with zero attached hydrogens (tertiary/aromatic N) is 2. The van der Waals surface area contributed by atoms with E-state index in [1.165, 1.54) is 0 Å². The summed E-state index contributed by atoms with van der Waals surface area (Å²) in [5.74, 6) is 0.468. The summed E-state index contributed by atoms with van der Waals surface area (Å²) in [6, 6.07) is 8.07. The van der Waals surface area contributed by atoms with Gasteiger partial charge in [-0.2, -0.15) is 0 Å². The van der Waals surface area contributed by atoms with E-state index in [0.717, 1.165) is 23.3 Å². The van der Waals surface area contributed by atoms with Crippen LogP contribution >= 0.6 is 0 Å². The first-order chi connectivity index (χ1) is 9.79. The zero-order valence-corrected chi connectivity index (χ0v) is 13.1. The maximum atomic E-state index is 11.7. The van der Waals surface area contributed by atoms with E-state index >= 15 is 0 Å². The first-order valence-electron chi connectivity index (χ1n) is 7.44. The number of carboxylic acid groups (broad SMARTS) is 1. The molecule has 0 spiro atoms. The Hall–Kier alpha value is -1.84. The quantitative estimate of drug-likeness (QED) is 0.918. The summed E-state index contributed by atoms with van der Waals surface area (Å²) in [6.45, 7) is 6.01. The van der Waals surface area contributed by atoms with Crippen molar-refractivity contribution >= 4 is 17.0 Å².